The SMILES string of the molecule is CCc1nc2cccc3c2n1-c1c(-c2ccc4c(-c5ccc6ccccc6c5)c5ccccc5c(-c5ccc6ccccc6c5)c4c2)cccc1C3c1ccccc1. The molecule has 0 aliphatic carbocycles. The molecule has 0 radical (unpaired) electrons. The number of imidazole rings is 1. The fraction of sp³-hybridized carbons (Fsp3) is 0.0536. The molecule has 0 saturated heterocycles. The van der Waals surface area contributed by atoms with E-state index >= 15 is 0 Å². The van der Waals surface area contributed by atoms with E-state index in [4.69, 9.17) is 4.98 Å². The lowest BCUT2D eigenvalue weighted by Gasteiger charge is -2.31. The maximum Gasteiger partial charge on any atom is 0.114 e. The fourth-order valence-corrected chi connectivity index (χ4v) is 10.0. The van der Waals surface area contributed by atoms with Crippen molar-refractivity contribution in [3.63, 3.8) is 0 Å². The monoisotopic (exact) mass is 738 g/mol. The Hall–Kier alpha value is -7.29. The van der Waals surface area contributed by atoms with Crippen molar-refractivity contribution in [2.45, 2.75) is 19.3 Å². The summed E-state index contributed by atoms with van der Waals surface area (Å²) in [6.45, 7) is 2.22. The molecule has 1 aliphatic heterocycles. The number of hydrogen-bond donors (Lipinski definition) is 0. The molecule has 12 rings (SSSR count). The molecule has 58 heavy (non-hydrogen) atoms. The minimum Gasteiger partial charge on any atom is -0.295 e. The summed E-state index contributed by atoms with van der Waals surface area (Å²) >= 11 is 0. The Morgan fingerprint density at radius 3 is 1.71 bits per heavy atom. The van der Waals surface area contributed by atoms with Crippen LogP contribution in [-0.2, 0) is 6.42 Å². The van der Waals surface area contributed by atoms with Crippen molar-refractivity contribution in [1.82, 2.24) is 9.55 Å². The van der Waals surface area contributed by atoms with Gasteiger partial charge in [0.25, 0.3) is 0 Å². The van der Waals surface area contributed by atoms with Crippen LogP contribution < -0.4 is 0 Å². The Morgan fingerprint density at radius 1 is 0.448 bits per heavy atom. The van der Waals surface area contributed by atoms with E-state index in [1.807, 2.05) is 0 Å². The predicted octanol–water partition coefficient (Wildman–Crippen LogP) is 14.7. The van der Waals surface area contributed by atoms with E-state index in [0.717, 1.165) is 17.8 Å². The molecular weight excluding hydrogens is 701 g/mol. The molecule has 0 N–H and O–H groups in total. The highest BCUT2D eigenvalue weighted by atomic mass is 15.1. The van der Waals surface area contributed by atoms with E-state index in [1.165, 1.54) is 104 Å². The van der Waals surface area contributed by atoms with Crippen LogP contribution in [0.15, 0.2) is 194 Å². The third-order valence-corrected chi connectivity index (χ3v) is 12.6. The van der Waals surface area contributed by atoms with Crippen LogP contribution in [0.5, 0.6) is 0 Å². The number of rotatable bonds is 5. The molecule has 10 aromatic carbocycles. The second kappa shape index (κ2) is 12.9. The normalized spacial score (nSPS) is 13.5. The van der Waals surface area contributed by atoms with Gasteiger partial charge in [-0.1, -0.05) is 177 Å². The van der Waals surface area contributed by atoms with Crippen LogP contribution in [0.2, 0.25) is 0 Å². The molecule has 1 aliphatic rings. The van der Waals surface area contributed by atoms with Gasteiger partial charge in [-0.05, 0) is 112 Å². The van der Waals surface area contributed by atoms with Gasteiger partial charge in [-0.2, -0.15) is 0 Å². The highest BCUT2D eigenvalue weighted by Gasteiger charge is 2.32. The summed E-state index contributed by atoms with van der Waals surface area (Å²) in [6.07, 6.45) is 0.836. The average molecular weight is 739 g/mol. The Balaban J connectivity index is 1.19. The molecule has 0 fully saturated rings. The lowest BCUT2D eigenvalue weighted by Crippen LogP contribution is -2.17. The van der Waals surface area contributed by atoms with Gasteiger partial charge in [0.1, 0.15) is 5.82 Å². The minimum atomic E-state index is 0.0887. The van der Waals surface area contributed by atoms with Gasteiger partial charge in [0, 0.05) is 17.9 Å². The molecule has 11 aromatic rings. The van der Waals surface area contributed by atoms with Crippen LogP contribution >= 0.6 is 0 Å². The molecule has 0 spiro atoms. The van der Waals surface area contributed by atoms with Gasteiger partial charge < -0.3 is 0 Å². The molecule has 0 bridgehead atoms. The first-order chi connectivity index (χ1) is 28.7. The average Bonchev–Trinajstić information content (AvgIpc) is 3.67. The topological polar surface area (TPSA) is 17.8 Å². The molecule has 1 unspecified atom stereocenters. The van der Waals surface area contributed by atoms with Gasteiger partial charge in [0.05, 0.1) is 16.7 Å². The summed E-state index contributed by atoms with van der Waals surface area (Å²) in [5.41, 5.74) is 14.8. The first-order valence-corrected chi connectivity index (χ1v) is 20.4. The maximum absolute atomic E-state index is 5.26. The van der Waals surface area contributed by atoms with Gasteiger partial charge in [0.2, 0.25) is 0 Å². The molecule has 272 valence electrons. The fourth-order valence-electron chi connectivity index (χ4n) is 10.0. The number of aromatic nitrogens is 2. The summed E-state index contributed by atoms with van der Waals surface area (Å²) in [4.78, 5) is 5.26. The highest BCUT2D eigenvalue weighted by Crippen LogP contribution is 2.50. The maximum atomic E-state index is 5.26. The molecule has 2 nitrogen and oxygen atoms in total. The van der Waals surface area contributed by atoms with Crippen LogP contribution in [0.25, 0.3) is 93.2 Å². The third kappa shape index (κ3) is 4.88. The Bertz CT molecular complexity index is 3440. The van der Waals surface area contributed by atoms with Crippen molar-refractivity contribution >= 4 is 54.1 Å². The van der Waals surface area contributed by atoms with Gasteiger partial charge in [-0.3, -0.25) is 4.57 Å². The number of nitrogens with zero attached hydrogens (tertiary/aromatic N) is 2. The second-order valence-corrected chi connectivity index (χ2v) is 15.7. The van der Waals surface area contributed by atoms with E-state index in [-0.39, 0.29) is 5.92 Å². The largest absolute Gasteiger partial charge is 0.295 e. The van der Waals surface area contributed by atoms with Crippen LogP contribution in [0, 0.1) is 0 Å². The Labute approximate surface area is 337 Å². The summed E-state index contributed by atoms with van der Waals surface area (Å²) in [6, 6.07) is 72.1. The van der Waals surface area contributed by atoms with Crippen molar-refractivity contribution < 1.29 is 0 Å². The van der Waals surface area contributed by atoms with Crippen molar-refractivity contribution in [1.29, 1.82) is 0 Å². The third-order valence-electron chi connectivity index (χ3n) is 12.6. The molecule has 2 heteroatoms. The van der Waals surface area contributed by atoms with Gasteiger partial charge in [0.15, 0.2) is 0 Å². The molecular formula is C56H38N2. The van der Waals surface area contributed by atoms with Crippen LogP contribution in [0.4, 0.5) is 0 Å². The summed E-state index contributed by atoms with van der Waals surface area (Å²) in [5, 5.41) is 9.99. The van der Waals surface area contributed by atoms with Crippen LogP contribution in [0.3, 0.4) is 0 Å². The van der Waals surface area contributed by atoms with Crippen LogP contribution in [0.1, 0.15) is 35.4 Å². The van der Waals surface area contributed by atoms with E-state index in [9.17, 15) is 0 Å². The minimum absolute atomic E-state index is 0.0887. The molecule has 1 atom stereocenters. The van der Waals surface area contributed by atoms with Crippen molar-refractivity contribution in [3.8, 4) is 39.1 Å². The number of benzene rings is 10. The van der Waals surface area contributed by atoms with Gasteiger partial charge >= 0.3 is 0 Å². The predicted molar refractivity (Wildman–Crippen MR) is 244 cm³/mol. The zero-order chi connectivity index (χ0) is 38.3. The van der Waals surface area contributed by atoms with Gasteiger partial charge in [-0.15, -0.1) is 0 Å². The standard InChI is InChI=1S/C56H38N2/c1-2-51-57-50-25-13-24-48-52(37-16-4-3-5-17-37)47-23-12-22-43(55(47)58(51)56(48)50)40-30-31-46-49(34-40)54(42-29-27-36-15-7-9-19-39(36)33-42)45-21-11-10-20-44(45)53(46)41-28-26-35-14-6-8-18-38(35)32-41/h3-34,52H,2H2,1H3. The molecule has 0 amide bonds. The smallest absolute Gasteiger partial charge is 0.114 e. The summed E-state index contributed by atoms with van der Waals surface area (Å²) in [5.74, 6) is 1.18. The number of fused-ring (bicyclic) bond motifs is 6. The van der Waals surface area contributed by atoms with E-state index in [0.29, 0.717) is 0 Å². The quantitative estimate of drug-likeness (QED) is 0.161. The van der Waals surface area contributed by atoms with E-state index in [1.54, 1.807) is 0 Å². The first-order valence-electron chi connectivity index (χ1n) is 20.4. The Morgan fingerprint density at radius 2 is 1.02 bits per heavy atom. The highest BCUT2D eigenvalue weighted by molar-refractivity contribution is 6.22. The number of hydrogen-bond acceptors (Lipinski definition) is 1. The van der Waals surface area contributed by atoms with Crippen molar-refractivity contribution in [3.05, 3.63) is 217 Å². The zero-order valence-electron chi connectivity index (χ0n) is 32.2. The van der Waals surface area contributed by atoms with E-state index in [2.05, 4.69) is 206 Å². The lowest BCUT2D eigenvalue weighted by molar-refractivity contribution is 0.854. The van der Waals surface area contributed by atoms with Crippen molar-refractivity contribution in [2.24, 2.45) is 0 Å². The first kappa shape index (κ1) is 32.9. The molecule has 0 saturated carbocycles. The van der Waals surface area contributed by atoms with Crippen molar-refractivity contribution in [2.75, 3.05) is 0 Å². The molecule has 1 aromatic heterocycles. The van der Waals surface area contributed by atoms with E-state index < -0.39 is 0 Å². The molecule has 2 heterocycles. The lowest BCUT2D eigenvalue weighted by atomic mass is 9.79. The Kier molecular flexibility index (Phi) is 7.30. The zero-order valence-corrected chi connectivity index (χ0v) is 32.2. The number of para-hydroxylation sites is 2. The number of aryl methyl sites for hydroxylation is 1. The second-order valence-electron chi connectivity index (χ2n) is 15.7. The summed E-state index contributed by atoms with van der Waals surface area (Å²) in [7, 11) is 0. The van der Waals surface area contributed by atoms with Gasteiger partial charge in [-0.25, -0.2) is 4.98 Å². The summed E-state index contributed by atoms with van der Waals surface area (Å²) < 4.78 is 2.48. The van der Waals surface area contributed by atoms with Crippen LogP contribution in [-0.4, -0.2) is 9.55 Å².